The average molecular weight is 430 g/mol. The molecule has 0 aromatic heterocycles. The number of anilines is 1. The maximum absolute atomic E-state index is 13.2. The minimum Gasteiger partial charge on any atom is -0.497 e. The van der Waals surface area contributed by atoms with Gasteiger partial charge < -0.3 is 15.4 Å². The summed E-state index contributed by atoms with van der Waals surface area (Å²) < 4.78 is 43.5. The number of rotatable bonds is 9. The highest BCUT2D eigenvalue weighted by Gasteiger charge is 2.30. The molecule has 1 unspecified atom stereocenters. The van der Waals surface area contributed by atoms with Crippen LogP contribution in [0.4, 0.5) is 18.9 Å². The predicted molar refractivity (Wildman–Crippen MR) is 117 cm³/mol. The molecule has 0 aliphatic rings. The maximum atomic E-state index is 13.2. The van der Waals surface area contributed by atoms with Gasteiger partial charge in [0.05, 0.1) is 12.7 Å². The van der Waals surface area contributed by atoms with Crippen molar-refractivity contribution in [2.45, 2.75) is 18.6 Å². The van der Waals surface area contributed by atoms with E-state index in [0.717, 1.165) is 12.1 Å². The summed E-state index contributed by atoms with van der Waals surface area (Å²) in [5, 5.41) is 0. The van der Waals surface area contributed by atoms with Crippen molar-refractivity contribution in [1.29, 1.82) is 0 Å². The third-order valence-corrected chi connectivity index (χ3v) is 4.73. The molecule has 0 radical (unpaired) electrons. The van der Waals surface area contributed by atoms with E-state index in [0.29, 0.717) is 29.0 Å². The molecule has 0 saturated heterocycles. The van der Waals surface area contributed by atoms with Gasteiger partial charge in [0.2, 0.25) is 5.91 Å². The van der Waals surface area contributed by atoms with Crippen molar-refractivity contribution in [3.05, 3.63) is 96.6 Å². The van der Waals surface area contributed by atoms with E-state index in [-0.39, 0.29) is 12.5 Å². The van der Waals surface area contributed by atoms with Crippen LogP contribution < -0.4 is 15.4 Å². The monoisotopic (exact) mass is 430 g/mol. The Morgan fingerprint density at radius 3 is 2.23 bits per heavy atom. The molecule has 0 bridgehead atoms. The molecule has 1 amide bonds. The van der Waals surface area contributed by atoms with E-state index in [1.54, 1.807) is 30.3 Å². The number of nitrogens with zero attached hydrogens (tertiary/aromatic N) is 1. The number of allylic oxidation sites excluding steroid dienone is 2. The molecule has 2 N–H and O–H groups in total. The molecule has 0 aliphatic carbocycles. The molecule has 2 aromatic carbocycles. The molecular formula is C24H25F3N2O2. The minimum atomic E-state index is -4.39. The highest BCUT2D eigenvalue weighted by molar-refractivity contribution is 5.99. The summed E-state index contributed by atoms with van der Waals surface area (Å²) in [6.07, 6.45) is 0.570. The molecule has 0 spiro atoms. The fraction of sp³-hybridized carbons (Fsp3) is 0.208. The van der Waals surface area contributed by atoms with Gasteiger partial charge >= 0.3 is 6.18 Å². The van der Waals surface area contributed by atoms with E-state index < -0.39 is 17.8 Å². The summed E-state index contributed by atoms with van der Waals surface area (Å²) in [6.45, 7) is 7.52. The number of ether oxygens (including phenoxy) is 1. The summed E-state index contributed by atoms with van der Waals surface area (Å²) in [6, 6.07) is 10.8. The summed E-state index contributed by atoms with van der Waals surface area (Å²) in [4.78, 5) is 14.7. The lowest BCUT2D eigenvalue weighted by Crippen LogP contribution is -2.45. The molecule has 1 atom stereocenters. The van der Waals surface area contributed by atoms with E-state index in [4.69, 9.17) is 10.5 Å². The third-order valence-electron chi connectivity index (χ3n) is 4.73. The summed E-state index contributed by atoms with van der Waals surface area (Å²) in [5.74, 6) is 0.256. The Hall–Kier alpha value is -3.32. The zero-order valence-corrected chi connectivity index (χ0v) is 17.2. The second-order valence-electron chi connectivity index (χ2n) is 6.72. The Bertz CT molecular complexity index is 933. The number of hydrogen-bond acceptors (Lipinski definition) is 3. The van der Waals surface area contributed by atoms with Gasteiger partial charge in [0.15, 0.2) is 0 Å². The van der Waals surface area contributed by atoms with Crippen LogP contribution in [0.15, 0.2) is 85.5 Å². The molecule has 0 saturated carbocycles. The van der Waals surface area contributed by atoms with Crippen molar-refractivity contribution in [3.63, 3.8) is 0 Å². The molecule has 0 aliphatic heterocycles. The van der Waals surface area contributed by atoms with Crippen LogP contribution in [0.1, 0.15) is 11.1 Å². The molecule has 31 heavy (non-hydrogen) atoms. The number of amides is 1. The van der Waals surface area contributed by atoms with Crippen molar-refractivity contribution in [2.75, 3.05) is 18.6 Å². The van der Waals surface area contributed by atoms with Crippen molar-refractivity contribution < 1.29 is 22.7 Å². The van der Waals surface area contributed by atoms with Crippen molar-refractivity contribution in [1.82, 2.24) is 0 Å². The Morgan fingerprint density at radius 1 is 1.13 bits per heavy atom. The van der Waals surface area contributed by atoms with Gasteiger partial charge in [0.25, 0.3) is 0 Å². The first-order valence-corrected chi connectivity index (χ1v) is 9.53. The van der Waals surface area contributed by atoms with Crippen LogP contribution in [0.5, 0.6) is 5.75 Å². The topological polar surface area (TPSA) is 55.6 Å². The standard InChI is InChI=1S/C24H25F3N2O2/c1-4-6-18(5-2)22(28)23(30)29(20-11-13-21(31-3)14-12-20)16-15-17-7-9-19(10-8-17)24(25,26)27/h4-14,22H,1-2,15-16,28H2,3H3/b18-6+. The van der Waals surface area contributed by atoms with E-state index >= 15 is 0 Å². The maximum Gasteiger partial charge on any atom is 0.416 e. The van der Waals surface area contributed by atoms with Crippen LogP contribution >= 0.6 is 0 Å². The van der Waals surface area contributed by atoms with Crippen LogP contribution in [0, 0.1) is 0 Å². The van der Waals surface area contributed by atoms with Crippen LogP contribution in [-0.2, 0) is 17.4 Å². The fourth-order valence-electron chi connectivity index (χ4n) is 2.98. The molecule has 164 valence electrons. The Morgan fingerprint density at radius 2 is 1.74 bits per heavy atom. The van der Waals surface area contributed by atoms with Gasteiger partial charge in [-0.3, -0.25) is 4.79 Å². The molecule has 2 rings (SSSR count). The normalized spacial score (nSPS) is 12.7. The number of halogens is 3. The van der Waals surface area contributed by atoms with E-state index in [2.05, 4.69) is 13.2 Å². The lowest BCUT2D eigenvalue weighted by Gasteiger charge is -2.27. The smallest absolute Gasteiger partial charge is 0.416 e. The molecular weight excluding hydrogens is 405 g/mol. The first kappa shape index (κ1) is 24.0. The van der Waals surface area contributed by atoms with Crippen LogP contribution in [-0.4, -0.2) is 25.6 Å². The second-order valence-corrected chi connectivity index (χ2v) is 6.72. The van der Waals surface area contributed by atoms with Crippen LogP contribution in [0.25, 0.3) is 0 Å². The van der Waals surface area contributed by atoms with Gasteiger partial charge in [0.1, 0.15) is 11.8 Å². The highest BCUT2D eigenvalue weighted by atomic mass is 19.4. The summed E-state index contributed by atoms with van der Waals surface area (Å²) in [7, 11) is 1.54. The molecule has 0 fully saturated rings. The Kier molecular flexibility index (Phi) is 8.22. The number of alkyl halides is 3. The molecule has 0 heterocycles. The first-order chi connectivity index (χ1) is 14.7. The predicted octanol–water partition coefficient (Wildman–Crippen LogP) is 4.92. The van der Waals surface area contributed by atoms with Gasteiger partial charge in [-0.25, -0.2) is 0 Å². The third kappa shape index (κ3) is 6.33. The molecule has 7 heteroatoms. The largest absolute Gasteiger partial charge is 0.497 e. The number of hydrogen-bond donors (Lipinski definition) is 1. The summed E-state index contributed by atoms with van der Waals surface area (Å²) in [5.41, 5.74) is 7.21. The molecule has 2 aromatic rings. The minimum absolute atomic E-state index is 0.225. The van der Waals surface area contributed by atoms with Gasteiger partial charge in [0, 0.05) is 12.2 Å². The highest BCUT2D eigenvalue weighted by Crippen LogP contribution is 2.29. The molecule has 4 nitrogen and oxygen atoms in total. The van der Waals surface area contributed by atoms with Gasteiger partial charge in [-0.15, -0.1) is 0 Å². The first-order valence-electron chi connectivity index (χ1n) is 9.53. The van der Waals surface area contributed by atoms with Gasteiger partial charge in [-0.1, -0.05) is 43.5 Å². The Labute approximate surface area is 180 Å². The van der Waals surface area contributed by atoms with Gasteiger partial charge in [-0.2, -0.15) is 13.2 Å². The number of carbonyl (C=O) groups is 1. The number of carbonyl (C=O) groups excluding carboxylic acids is 1. The van der Waals surface area contributed by atoms with Crippen molar-refractivity contribution >= 4 is 11.6 Å². The lowest BCUT2D eigenvalue weighted by atomic mass is 10.0. The van der Waals surface area contributed by atoms with Crippen LogP contribution in [0.3, 0.4) is 0 Å². The van der Waals surface area contributed by atoms with Gasteiger partial charge in [-0.05, 0) is 54.0 Å². The van der Waals surface area contributed by atoms with Crippen molar-refractivity contribution in [2.24, 2.45) is 5.73 Å². The van der Waals surface area contributed by atoms with Crippen molar-refractivity contribution in [3.8, 4) is 5.75 Å². The summed E-state index contributed by atoms with van der Waals surface area (Å²) >= 11 is 0. The number of benzene rings is 2. The lowest BCUT2D eigenvalue weighted by molar-refractivity contribution is -0.137. The van der Waals surface area contributed by atoms with Crippen LogP contribution in [0.2, 0.25) is 0 Å². The van der Waals surface area contributed by atoms with E-state index in [9.17, 15) is 18.0 Å². The quantitative estimate of drug-likeness (QED) is 0.575. The zero-order valence-electron chi connectivity index (χ0n) is 17.2. The SMILES string of the molecule is C=C/C=C(\C=C)C(N)C(=O)N(CCc1ccc(C(F)(F)F)cc1)c1ccc(OC)cc1. The number of nitrogens with two attached hydrogens (primary N) is 1. The fourth-order valence-corrected chi connectivity index (χ4v) is 2.98. The average Bonchev–Trinajstić information content (AvgIpc) is 2.77. The van der Waals surface area contributed by atoms with E-state index in [1.165, 1.54) is 36.3 Å². The Balaban J connectivity index is 2.28. The number of methoxy groups -OCH3 is 1. The second kappa shape index (κ2) is 10.6. The zero-order chi connectivity index (χ0) is 23.0. The van der Waals surface area contributed by atoms with E-state index in [1.807, 2.05) is 0 Å².